The van der Waals surface area contributed by atoms with Crippen molar-refractivity contribution in [2.24, 2.45) is 0 Å². The average Bonchev–Trinajstić information content (AvgIpc) is 2.50. The highest BCUT2D eigenvalue weighted by Gasteiger charge is 2.44. The molecule has 2 aliphatic heterocycles. The summed E-state index contributed by atoms with van der Waals surface area (Å²) in [5.74, 6) is -2.64. The minimum atomic E-state index is -2.64. The molecule has 0 N–H and O–H groups in total. The molecule has 0 unspecified atom stereocenters. The highest BCUT2D eigenvalue weighted by molar-refractivity contribution is 6.29. The lowest BCUT2D eigenvalue weighted by Crippen LogP contribution is -2.56. The number of anilines is 1. The molecule has 0 aromatic carbocycles. The smallest absolute Gasteiger partial charge is 0.410 e. The lowest BCUT2D eigenvalue weighted by molar-refractivity contribution is -0.0262. The highest BCUT2D eigenvalue weighted by atomic mass is 35.5. The average molecular weight is 386 g/mol. The van der Waals surface area contributed by atoms with E-state index >= 15 is 0 Å². The second-order valence-corrected chi connectivity index (χ2v) is 8.04. The Balaban J connectivity index is 1.70. The molecule has 142 valence electrons. The van der Waals surface area contributed by atoms with Crippen LogP contribution in [0.2, 0.25) is 5.15 Å². The first kappa shape index (κ1) is 18.9. The molecule has 5 nitrogen and oxygen atoms in total. The summed E-state index contributed by atoms with van der Waals surface area (Å²) in [4.78, 5) is 19.6. The number of nitrogens with zero attached hydrogens (tertiary/aromatic N) is 3. The van der Waals surface area contributed by atoms with E-state index in [9.17, 15) is 13.6 Å². The normalized spacial score (nSPS) is 19.7. The molecule has 1 aromatic heterocycles. The van der Waals surface area contributed by atoms with Gasteiger partial charge < -0.3 is 14.5 Å². The maximum absolute atomic E-state index is 13.1. The van der Waals surface area contributed by atoms with Crippen molar-refractivity contribution in [3.8, 4) is 0 Å². The summed E-state index contributed by atoms with van der Waals surface area (Å²) in [6.45, 7) is 5.78. The number of carbonyl (C=O) groups is 1. The number of carbonyl (C=O) groups excluding carboxylic acids is 1. The van der Waals surface area contributed by atoms with Crippen molar-refractivity contribution < 1.29 is 18.3 Å². The Bertz CT molecular complexity index is 738. The Morgan fingerprint density at radius 2 is 2.00 bits per heavy atom. The summed E-state index contributed by atoms with van der Waals surface area (Å²) in [6.07, 6.45) is 2.15. The predicted octanol–water partition coefficient (Wildman–Crippen LogP) is 4.21. The fraction of sp³-hybridized carbons (Fsp3) is 0.556. The van der Waals surface area contributed by atoms with Gasteiger partial charge in [0.2, 0.25) is 0 Å². The second kappa shape index (κ2) is 6.68. The Morgan fingerprint density at radius 1 is 1.31 bits per heavy atom. The van der Waals surface area contributed by atoms with Crippen LogP contribution in [0.5, 0.6) is 0 Å². The van der Waals surface area contributed by atoms with Gasteiger partial charge in [-0.15, -0.1) is 0 Å². The maximum atomic E-state index is 13.1. The number of ether oxygens (including phenoxy) is 1. The molecule has 26 heavy (non-hydrogen) atoms. The first-order valence-corrected chi connectivity index (χ1v) is 8.88. The monoisotopic (exact) mass is 385 g/mol. The molecule has 1 fully saturated rings. The predicted molar refractivity (Wildman–Crippen MR) is 96.8 cm³/mol. The van der Waals surface area contributed by atoms with Crippen molar-refractivity contribution >= 4 is 29.0 Å². The third kappa shape index (κ3) is 4.44. The number of pyridine rings is 1. The van der Waals surface area contributed by atoms with Crippen LogP contribution in [0.1, 0.15) is 32.9 Å². The number of amides is 1. The van der Waals surface area contributed by atoms with E-state index in [1.807, 2.05) is 26.8 Å². The zero-order valence-corrected chi connectivity index (χ0v) is 15.8. The van der Waals surface area contributed by atoms with Crippen LogP contribution in [0.25, 0.3) is 5.57 Å². The second-order valence-electron chi connectivity index (χ2n) is 7.65. The number of halogens is 3. The molecule has 1 aromatic rings. The van der Waals surface area contributed by atoms with E-state index in [0.717, 1.165) is 5.57 Å². The van der Waals surface area contributed by atoms with Crippen LogP contribution in [-0.4, -0.2) is 53.7 Å². The number of rotatable bonds is 2. The Hall–Kier alpha value is -1.89. The molecule has 0 aliphatic carbocycles. The van der Waals surface area contributed by atoms with Crippen molar-refractivity contribution in [2.45, 2.75) is 38.7 Å². The molecule has 0 atom stereocenters. The Labute approximate surface area is 156 Å². The Kier molecular flexibility index (Phi) is 4.86. The maximum Gasteiger partial charge on any atom is 0.410 e. The summed E-state index contributed by atoms with van der Waals surface area (Å²) in [7, 11) is 0. The van der Waals surface area contributed by atoms with Gasteiger partial charge in [0.05, 0.1) is 18.8 Å². The van der Waals surface area contributed by atoms with Crippen LogP contribution in [0, 0.1) is 0 Å². The van der Waals surface area contributed by atoms with Crippen LogP contribution in [0.15, 0.2) is 18.2 Å². The fourth-order valence-electron chi connectivity index (χ4n) is 2.92. The molecule has 2 aliphatic rings. The van der Waals surface area contributed by atoms with Crippen LogP contribution >= 0.6 is 11.6 Å². The molecule has 0 spiro atoms. The number of alkyl halides is 2. The third-order valence-corrected chi connectivity index (χ3v) is 4.37. The van der Waals surface area contributed by atoms with E-state index in [4.69, 9.17) is 16.3 Å². The minimum Gasteiger partial charge on any atom is -0.444 e. The van der Waals surface area contributed by atoms with Crippen molar-refractivity contribution in [1.82, 2.24) is 9.88 Å². The van der Waals surface area contributed by atoms with E-state index < -0.39 is 11.5 Å². The van der Waals surface area contributed by atoms with Crippen molar-refractivity contribution in [2.75, 3.05) is 31.1 Å². The standard InChI is InChI=1S/C18H22ClF2N3O2/c1-17(2,3)26-16(25)23-6-4-12(5-7-23)14-8-13(9-15(19)22-14)24-10-18(20,21)11-24/h4,8-9H,5-7,10-11H2,1-3H3. The van der Waals surface area contributed by atoms with Gasteiger partial charge in [-0.05, 0) is 44.9 Å². The first-order valence-electron chi connectivity index (χ1n) is 8.50. The number of hydrogen-bond acceptors (Lipinski definition) is 4. The van der Waals surface area contributed by atoms with Gasteiger partial charge in [0.25, 0.3) is 5.92 Å². The SMILES string of the molecule is CC(C)(C)OC(=O)N1CC=C(c2cc(N3CC(F)(F)C3)cc(Cl)n2)CC1. The van der Waals surface area contributed by atoms with E-state index in [2.05, 4.69) is 4.98 Å². The van der Waals surface area contributed by atoms with E-state index in [1.54, 1.807) is 21.9 Å². The van der Waals surface area contributed by atoms with Crippen molar-refractivity contribution in [3.05, 3.63) is 29.1 Å². The van der Waals surface area contributed by atoms with Gasteiger partial charge >= 0.3 is 6.09 Å². The van der Waals surface area contributed by atoms with Crippen LogP contribution in [-0.2, 0) is 4.74 Å². The molecule has 1 saturated heterocycles. The molecule has 8 heteroatoms. The molecular weight excluding hydrogens is 364 g/mol. The fourth-order valence-corrected chi connectivity index (χ4v) is 3.12. The third-order valence-electron chi connectivity index (χ3n) is 4.18. The molecule has 0 radical (unpaired) electrons. The summed E-state index contributed by atoms with van der Waals surface area (Å²) in [5, 5.41) is 0.267. The summed E-state index contributed by atoms with van der Waals surface area (Å²) in [5.41, 5.74) is 1.71. The zero-order chi connectivity index (χ0) is 19.1. The van der Waals surface area contributed by atoms with E-state index in [1.165, 1.54) is 0 Å². The molecule has 3 rings (SSSR count). The van der Waals surface area contributed by atoms with Gasteiger partial charge in [-0.3, -0.25) is 0 Å². The topological polar surface area (TPSA) is 45.7 Å². The molecule has 0 bridgehead atoms. The highest BCUT2D eigenvalue weighted by Crippen LogP contribution is 2.34. The molecular formula is C18H22ClF2N3O2. The summed E-state index contributed by atoms with van der Waals surface area (Å²) < 4.78 is 31.6. The van der Waals surface area contributed by atoms with Gasteiger partial charge in [0.1, 0.15) is 10.8 Å². The molecule has 3 heterocycles. The molecule has 1 amide bonds. The first-order chi connectivity index (χ1) is 12.0. The lowest BCUT2D eigenvalue weighted by Gasteiger charge is -2.40. The largest absolute Gasteiger partial charge is 0.444 e. The van der Waals surface area contributed by atoms with Gasteiger partial charge in [-0.1, -0.05) is 17.7 Å². The van der Waals surface area contributed by atoms with Gasteiger partial charge in [0, 0.05) is 18.8 Å². The van der Waals surface area contributed by atoms with Crippen LogP contribution in [0.4, 0.5) is 19.3 Å². The lowest BCUT2D eigenvalue weighted by atomic mass is 10.0. The minimum absolute atomic E-state index is 0.267. The van der Waals surface area contributed by atoms with Crippen LogP contribution < -0.4 is 4.90 Å². The summed E-state index contributed by atoms with van der Waals surface area (Å²) >= 11 is 6.08. The summed E-state index contributed by atoms with van der Waals surface area (Å²) in [6, 6.07) is 3.37. The zero-order valence-electron chi connectivity index (χ0n) is 15.1. The van der Waals surface area contributed by atoms with Gasteiger partial charge in [-0.2, -0.15) is 0 Å². The van der Waals surface area contributed by atoms with Crippen molar-refractivity contribution in [1.29, 1.82) is 0 Å². The van der Waals surface area contributed by atoms with E-state index in [0.29, 0.717) is 30.9 Å². The molecule has 0 saturated carbocycles. The van der Waals surface area contributed by atoms with Crippen molar-refractivity contribution in [3.63, 3.8) is 0 Å². The van der Waals surface area contributed by atoms with E-state index in [-0.39, 0.29) is 24.3 Å². The van der Waals surface area contributed by atoms with Gasteiger partial charge in [-0.25, -0.2) is 18.6 Å². The number of hydrogen-bond donors (Lipinski definition) is 0. The Morgan fingerprint density at radius 3 is 2.54 bits per heavy atom. The number of aromatic nitrogens is 1. The quantitative estimate of drug-likeness (QED) is 0.715. The van der Waals surface area contributed by atoms with Gasteiger partial charge in [0.15, 0.2) is 0 Å². The van der Waals surface area contributed by atoms with Crippen LogP contribution in [0.3, 0.4) is 0 Å².